The van der Waals surface area contributed by atoms with E-state index >= 15 is 0 Å². The SMILES string of the molecule is CCOC(=O)Oc1cc(C(Nc2ccc(C#N)cc2)C(=O)OCC)oc1C. The Morgan fingerprint density at radius 3 is 2.44 bits per heavy atom. The summed E-state index contributed by atoms with van der Waals surface area (Å²) < 4.78 is 20.5. The number of aryl methyl sites for hydroxylation is 1. The lowest BCUT2D eigenvalue weighted by Crippen LogP contribution is -2.23. The van der Waals surface area contributed by atoms with Gasteiger partial charge in [-0.15, -0.1) is 0 Å². The Kier molecular flexibility index (Phi) is 6.83. The fourth-order valence-corrected chi connectivity index (χ4v) is 2.25. The third-order valence-corrected chi connectivity index (χ3v) is 3.48. The van der Waals surface area contributed by atoms with Crippen LogP contribution in [0.1, 0.15) is 37.0 Å². The summed E-state index contributed by atoms with van der Waals surface area (Å²) in [7, 11) is 0. The van der Waals surface area contributed by atoms with E-state index in [1.165, 1.54) is 6.07 Å². The van der Waals surface area contributed by atoms with Gasteiger partial charge in [0.2, 0.25) is 0 Å². The molecule has 1 atom stereocenters. The molecule has 0 aliphatic heterocycles. The molecule has 0 aliphatic rings. The molecule has 1 unspecified atom stereocenters. The zero-order valence-electron chi connectivity index (χ0n) is 15.3. The zero-order valence-corrected chi connectivity index (χ0v) is 15.3. The Morgan fingerprint density at radius 1 is 1.19 bits per heavy atom. The van der Waals surface area contributed by atoms with Gasteiger partial charge in [-0.05, 0) is 45.0 Å². The Balaban J connectivity index is 2.26. The minimum absolute atomic E-state index is 0.152. The van der Waals surface area contributed by atoms with Crippen molar-refractivity contribution >= 4 is 17.8 Å². The summed E-state index contributed by atoms with van der Waals surface area (Å²) in [6.45, 7) is 5.32. The molecule has 1 heterocycles. The van der Waals surface area contributed by atoms with Crippen molar-refractivity contribution in [3.8, 4) is 11.8 Å². The molecule has 0 spiro atoms. The number of esters is 1. The largest absolute Gasteiger partial charge is 0.513 e. The van der Waals surface area contributed by atoms with Crippen molar-refractivity contribution in [2.24, 2.45) is 0 Å². The Morgan fingerprint density at radius 2 is 1.85 bits per heavy atom. The molecule has 0 saturated heterocycles. The van der Waals surface area contributed by atoms with Gasteiger partial charge in [-0.25, -0.2) is 9.59 Å². The highest BCUT2D eigenvalue weighted by molar-refractivity contribution is 5.80. The van der Waals surface area contributed by atoms with E-state index in [1.807, 2.05) is 6.07 Å². The van der Waals surface area contributed by atoms with Gasteiger partial charge in [0.05, 0.1) is 24.8 Å². The number of carbonyl (C=O) groups is 2. The van der Waals surface area contributed by atoms with Crippen LogP contribution in [-0.2, 0) is 14.3 Å². The maximum absolute atomic E-state index is 12.4. The van der Waals surface area contributed by atoms with E-state index < -0.39 is 18.2 Å². The number of hydrogen-bond donors (Lipinski definition) is 1. The van der Waals surface area contributed by atoms with Gasteiger partial charge < -0.3 is 23.9 Å². The fraction of sp³-hybridized carbons (Fsp3) is 0.316. The average Bonchev–Trinajstić information content (AvgIpc) is 3.00. The first-order valence-corrected chi connectivity index (χ1v) is 8.36. The van der Waals surface area contributed by atoms with Gasteiger partial charge in [-0.3, -0.25) is 0 Å². The minimum atomic E-state index is -0.962. The predicted molar refractivity (Wildman–Crippen MR) is 95.2 cm³/mol. The summed E-state index contributed by atoms with van der Waals surface area (Å²) in [6.07, 6.45) is -0.860. The van der Waals surface area contributed by atoms with Crippen molar-refractivity contribution in [2.45, 2.75) is 26.8 Å². The van der Waals surface area contributed by atoms with E-state index in [4.69, 9.17) is 23.9 Å². The molecule has 0 fully saturated rings. The molecular formula is C19H20N2O6. The summed E-state index contributed by atoms with van der Waals surface area (Å²) in [5.41, 5.74) is 1.08. The molecule has 2 aromatic rings. The van der Waals surface area contributed by atoms with Crippen molar-refractivity contribution in [1.29, 1.82) is 5.26 Å². The van der Waals surface area contributed by atoms with Crippen molar-refractivity contribution in [3.05, 3.63) is 47.4 Å². The molecule has 1 aromatic carbocycles. The van der Waals surface area contributed by atoms with Crippen LogP contribution in [0.2, 0.25) is 0 Å². The quantitative estimate of drug-likeness (QED) is 0.732. The van der Waals surface area contributed by atoms with Gasteiger partial charge in [0.25, 0.3) is 0 Å². The first-order valence-electron chi connectivity index (χ1n) is 8.36. The van der Waals surface area contributed by atoms with Gasteiger partial charge in [0.1, 0.15) is 11.5 Å². The number of nitrogens with one attached hydrogen (secondary N) is 1. The number of anilines is 1. The summed E-state index contributed by atoms with van der Waals surface area (Å²) in [5, 5.41) is 11.9. The van der Waals surface area contributed by atoms with Crippen LogP contribution in [0, 0.1) is 18.3 Å². The van der Waals surface area contributed by atoms with Gasteiger partial charge >= 0.3 is 12.1 Å². The van der Waals surface area contributed by atoms with Gasteiger partial charge in [-0.2, -0.15) is 5.26 Å². The van der Waals surface area contributed by atoms with Crippen molar-refractivity contribution in [2.75, 3.05) is 18.5 Å². The lowest BCUT2D eigenvalue weighted by molar-refractivity contribution is -0.144. The molecule has 0 aliphatic carbocycles. The van der Waals surface area contributed by atoms with E-state index in [2.05, 4.69) is 5.32 Å². The van der Waals surface area contributed by atoms with Crippen molar-refractivity contribution in [1.82, 2.24) is 0 Å². The van der Waals surface area contributed by atoms with Crippen LogP contribution in [0.5, 0.6) is 5.75 Å². The fourth-order valence-electron chi connectivity index (χ4n) is 2.25. The Bertz CT molecular complexity index is 835. The molecule has 27 heavy (non-hydrogen) atoms. The van der Waals surface area contributed by atoms with Crippen LogP contribution in [0.3, 0.4) is 0 Å². The van der Waals surface area contributed by atoms with E-state index in [-0.39, 0.29) is 24.7 Å². The van der Waals surface area contributed by atoms with Gasteiger partial charge in [0, 0.05) is 11.8 Å². The normalized spacial score (nSPS) is 11.2. The number of carbonyl (C=O) groups excluding carboxylic acids is 2. The predicted octanol–water partition coefficient (Wildman–Crippen LogP) is 3.71. The third kappa shape index (κ3) is 5.25. The molecule has 2 rings (SSSR count). The van der Waals surface area contributed by atoms with Crippen molar-refractivity contribution in [3.63, 3.8) is 0 Å². The third-order valence-electron chi connectivity index (χ3n) is 3.48. The van der Waals surface area contributed by atoms with E-state index in [1.54, 1.807) is 45.0 Å². The van der Waals surface area contributed by atoms with E-state index in [0.29, 0.717) is 17.0 Å². The number of ether oxygens (including phenoxy) is 3. The second-order valence-corrected chi connectivity index (χ2v) is 5.37. The molecule has 0 bridgehead atoms. The number of nitriles is 1. The molecule has 0 amide bonds. The van der Waals surface area contributed by atoms with Crippen LogP contribution < -0.4 is 10.1 Å². The monoisotopic (exact) mass is 372 g/mol. The van der Waals surface area contributed by atoms with E-state index in [9.17, 15) is 9.59 Å². The number of hydrogen-bond acceptors (Lipinski definition) is 8. The van der Waals surface area contributed by atoms with Crippen LogP contribution in [-0.4, -0.2) is 25.3 Å². The van der Waals surface area contributed by atoms with E-state index in [0.717, 1.165) is 0 Å². The van der Waals surface area contributed by atoms with Crippen LogP contribution in [0.15, 0.2) is 34.7 Å². The standard InChI is InChI=1S/C19H20N2O6/c1-4-24-18(22)17(21-14-8-6-13(11-20)7-9-14)16-10-15(12(3)26-16)27-19(23)25-5-2/h6-10,17,21H,4-5H2,1-3H3. The summed E-state index contributed by atoms with van der Waals surface area (Å²) in [5.74, 6) is 0.126. The first-order chi connectivity index (χ1) is 13.0. The van der Waals surface area contributed by atoms with Crippen molar-refractivity contribution < 1.29 is 28.2 Å². The summed E-state index contributed by atoms with van der Waals surface area (Å²) >= 11 is 0. The molecule has 0 saturated carbocycles. The Hall–Kier alpha value is -3.47. The summed E-state index contributed by atoms with van der Waals surface area (Å²) in [6, 6.07) is 9.06. The maximum atomic E-state index is 12.4. The highest BCUT2D eigenvalue weighted by Gasteiger charge is 2.28. The lowest BCUT2D eigenvalue weighted by Gasteiger charge is -2.16. The molecule has 8 nitrogen and oxygen atoms in total. The molecular weight excluding hydrogens is 352 g/mol. The molecule has 0 radical (unpaired) electrons. The smallest absolute Gasteiger partial charge is 0.464 e. The number of nitrogens with zero attached hydrogens (tertiary/aromatic N) is 1. The number of furan rings is 1. The second kappa shape index (κ2) is 9.29. The molecule has 142 valence electrons. The summed E-state index contributed by atoms with van der Waals surface area (Å²) in [4.78, 5) is 23.9. The van der Waals surface area contributed by atoms with Crippen LogP contribution >= 0.6 is 0 Å². The highest BCUT2D eigenvalue weighted by atomic mass is 16.7. The van der Waals surface area contributed by atoms with Crippen LogP contribution in [0.25, 0.3) is 0 Å². The highest BCUT2D eigenvalue weighted by Crippen LogP contribution is 2.30. The maximum Gasteiger partial charge on any atom is 0.513 e. The molecule has 8 heteroatoms. The number of rotatable bonds is 7. The van der Waals surface area contributed by atoms with Crippen LogP contribution in [0.4, 0.5) is 10.5 Å². The van der Waals surface area contributed by atoms with Gasteiger partial charge in [-0.1, -0.05) is 0 Å². The molecule has 1 N–H and O–H groups in total. The second-order valence-electron chi connectivity index (χ2n) is 5.37. The molecule has 1 aromatic heterocycles. The Labute approximate surface area is 156 Å². The average molecular weight is 372 g/mol. The first kappa shape index (κ1) is 19.8. The van der Waals surface area contributed by atoms with Gasteiger partial charge in [0.15, 0.2) is 11.8 Å². The topological polar surface area (TPSA) is 111 Å². The minimum Gasteiger partial charge on any atom is -0.464 e. The lowest BCUT2D eigenvalue weighted by atomic mass is 10.1. The zero-order chi connectivity index (χ0) is 19.8. The number of benzene rings is 1.